The summed E-state index contributed by atoms with van der Waals surface area (Å²) in [4.78, 5) is 24.3. The van der Waals surface area contributed by atoms with E-state index >= 15 is 0 Å². The maximum Gasteiger partial charge on any atom is 0.416 e. The van der Waals surface area contributed by atoms with Crippen molar-refractivity contribution < 1.29 is 37.0 Å². The van der Waals surface area contributed by atoms with Crippen molar-refractivity contribution in [1.82, 2.24) is 0 Å². The fourth-order valence-electron chi connectivity index (χ4n) is 2.43. The third kappa shape index (κ3) is 4.54. The second-order valence-electron chi connectivity index (χ2n) is 6.01. The predicted octanol–water partition coefficient (Wildman–Crippen LogP) is 3.42. The molecule has 1 aliphatic rings. The number of anilines is 1. The Morgan fingerprint density at radius 2 is 1.75 bits per heavy atom. The summed E-state index contributed by atoms with van der Waals surface area (Å²) in [7, 11) is 0. The van der Waals surface area contributed by atoms with Gasteiger partial charge in [0.25, 0.3) is 5.91 Å². The Labute approximate surface area is 158 Å². The molecule has 0 aromatic heterocycles. The lowest BCUT2D eigenvalue weighted by Crippen LogP contribution is -2.41. The van der Waals surface area contributed by atoms with E-state index in [2.05, 4.69) is 5.32 Å². The number of para-hydroxylation sites is 2. The number of alkyl halides is 3. The summed E-state index contributed by atoms with van der Waals surface area (Å²) in [6, 6.07) is 10.7. The van der Waals surface area contributed by atoms with Gasteiger partial charge in [-0.1, -0.05) is 12.1 Å². The maximum atomic E-state index is 12.6. The molecule has 6 nitrogen and oxygen atoms in total. The van der Waals surface area contributed by atoms with E-state index in [9.17, 15) is 22.8 Å². The van der Waals surface area contributed by atoms with Crippen molar-refractivity contribution in [2.45, 2.75) is 25.3 Å². The Balaban J connectivity index is 1.55. The van der Waals surface area contributed by atoms with Gasteiger partial charge in [0.1, 0.15) is 6.61 Å². The lowest BCUT2D eigenvalue weighted by molar-refractivity contribution is -0.162. The summed E-state index contributed by atoms with van der Waals surface area (Å²) in [5.41, 5.74) is -0.688. The van der Waals surface area contributed by atoms with Crippen molar-refractivity contribution in [1.29, 1.82) is 0 Å². The highest BCUT2D eigenvalue weighted by Gasteiger charge is 2.32. The highest BCUT2D eigenvalue weighted by Crippen LogP contribution is 2.31. The number of ether oxygens (including phenoxy) is 3. The van der Waals surface area contributed by atoms with Crippen LogP contribution in [0.5, 0.6) is 11.5 Å². The van der Waals surface area contributed by atoms with Crippen molar-refractivity contribution in [3.63, 3.8) is 0 Å². The van der Waals surface area contributed by atoms with E-state index in [1.54, 1.807) is 24.3 Å². The normalized spacial score (nSPS) is 16.8. The van der Waals surface area contributed by atoms with E-state index in [0.29, 0.717) is 11.5 Å². The number of esters is 1. The third-order valence-electron chi connectivity index (χ3n) is 3.91. The smallest absolute Gasteiger partial charge is 0.416 e. The molecule has 3 rings (SSSR count). The average Bonchev–Trinajstić information content (AvgIpc) is 2.67. The van der Waals surface area contributed by atoms with Crippen LogP contribution in [0.15, 0.2) is 48.5 Å². The zero-order chi connectivity index (χ0) is 20.3. The molecule has 0 aliphatic carbocycles. The summed E-state index contributed by atoms with van der Waals surface area (Å²) in [6.45, 7) is 1.28. The average molecular weight is 395 g/mol. The lowest BCUT2D eigenvalue weighted by atomic mass is 10.2. The molecule has 0 radical (unpaired) electrons. The molecule has 9 heteroatoms. The fourth-order valence-corrected chi connectivity index (χ4v) is 2.43. The molecule has 1 aliphatic heterocycles. The quantitative estimate of drug-likeness (QED) is 0.804. The number of fused-ring (bicyclic) bond motifs is 1. The number of hydrogen-bond acceptors (Lipinski definition) is 5. The minimum Gasteiger partial charge on any atom is -0.485 e. The molecule has 28 heavy (non-hydrogen) atoms. The van der Waals surface area contributed by atoms with E-state index in [0.717, 1.165) is 24.3 Å². The number of halogens is 3. The number of hydrogen-bond donors (Lipinski definition) is 1. The van der Waals surface area contributed by atoms with E-state index in [1.165, 1.54) is 6.92 Å². The summed E-state index contributed by atoms with van der Waals surface area (Å²) in [5, 5.41) is 2.39. The molecule has 0 bridgehead atoms. The molecule has 2 aromatic carbocycles. The SMILES string of the molecule is C[C@@H](OC(=O)[C@@H]1COc2ccccc2O1)C(=O)Nc1ccc(C(F)(F)F)cc1. The summed E-state index contributed by atoms with van der Waals surface area (Å²) >= 11 is 0. The minimum atomic E-state index is -4.47. The van der Waals surface area contributed by atoms with Crippen LogP contribution in [-0.4, -0.2) is 30.7 Å². The van der Waals surface area contributed by atoms with E-state index < -0.39 is 35.8 Å². The zero-order valence-corrected chi connectivity index (χ0v) is 14.7. The van der Waals surface area contributed by atoms with Crippen molar-refractivity contribution in [3.05, 3.63) is 54.1 Å². The van der Waals surface area contributed by atoms with Crippen LogP contribution in [0.4, 0.5) is 18.9 Å². The molecular weight excluding hydrogens is 379 g/mol. The number of benzene rings is 2. The number of carbonyl (C=O) groups excluding carboxylic acids is 2. The van der Waals surface area contributed by atoms with E-state index in [4.69, 9.17) is 14.2 Å². The third-order valence-corrected chi connectivity index (χ3v) is 3.91. The molecule has 0 fully saturated rings. The first-order chi connectivity index (χ1) is 13.2. The summed E-state index contributed by atoms with van der Waals surface area (Å²) in [6.07, 6.45) is -6.68. The maximum absolute atomic E-state index is 12.6. The molecule has 148 valence electrons. The molecule has 2 atom stereocenters. The predicted molar refractivity (Wildman–Crippen MR) is 92.0 cm³/mol. The largest absolute Gasteiger partial charge is 0.485 e. The highest BCUT2D eigenvalue weighted by molar-refractivity contribution is 5.95. The molecule has 0 saturated carbocycles. The van der Waals surface area contributed by atoms with Gasteiger partial charge in [0.15, 0.2) is 17.6 Å². The first-order valence-electron chi connectivity index (χ1n) is 8.31. The van der Waals surface area contributed by atoms with Gasteiger partial charge in [0.2, 0.25) is 6.10 Å². The van der Waals surface area contributed by atoms with Gasteiger partial charge in [-0.25, -0.2) is 4.79 Å². The first-order valence-corrected chi connectivity index (χ1v) is 8.31. The monoisotopic (exact) mass is 395 g/mol. The summed E-state index contributed by atoms with van der Waals surface area (Å²) in [5.74, 6) is -0.591. The van der Waals surface area contributed by atoms with Gasteiger partial charge in [0, 0.05) is 5.69 Å². The lowest BCUT2D eigenvalue weighted by Gasteiger charge is -2.25. The second kappa shape index (κ2) is 7.79. The summed E-state index contributed by atoms with van der Waals surface area (Å²) < 4.78 is 53.7. The van der Waals surface area contributed by atoms with E-state index in [-0.39, 0.29) is 12.3 Å². The van der Waals surface area contributed by atoms with Gasteiger partial charge in [0.05, 0.1) is 5.56 Å². The van der Waals surface area contributed by atoms with Crippen LogP contribution in [0, 0.1) is 0 Å². The second-order valence-corrected chi connectivity index (χ2v) is 6.01. The van der Waals surface area contributed by atoms with Gasteiger partial charge in [-0.3, -0.25) is 4.79 Å². The van der Waals surface area contributed by atoms with Crippen molar-refractivity contribution in [3.8, 4) is 11.5 Å². The Morgan fingerprint density at radius 1 is 1.11 bits per heavy atom. The van der Waals surface area contributed by atoms with Crippen molar-refractivity contribution in [2.24, 2.45) is 0 Å². The Hall–Kier alpha value is -3.23. The molecule has 1 N–H and O–H groups in total. The zero-order valence-electron chi connectivity index (χ0n) is 14.7. The van der Waals surface area contributed by atoms with E-state index in [1.807, 2.05) is 0 Å². The molecule has 1 heterocycles. The Kier molecular flexibility index (Phi) is 5.43. The first kappa shape index (κ1) is 19.5. The van der Waals surface area contributed by atoms with Crippen molar-refractivity contribution in [2.75, 3.05) is 11.9 Å². The van der Waals surface area contributed by atoms with Crippen LogP contribution >= 0.6 is 0 Å². The van der Waals surface area contributed by atoms with Crippen LogP contribution in [0.1, 0.15) is 12.5 Å². The van der Waals surface area contributed by atoms with Gasteiger partial charge < -0.3 is 19.5 Å². The van der Waals surface area contributed by atoms with Crippen LogP contribution in [0.3, 0.4) is 0 Å². The number of rotatable bonds is 4. The number of nitrogens with one attached hydrogen (secondary N) is 1. The molecule has 1 amide bonds. The molecule has 2 aromatic rings. The van der Waals surface area contributed by atoms with Crippen LogP contribution in [0.25, 0.3) is 0 Å². The number of carbonyl (C=O) groups is 2. The van der Waals surface area contributed by atoms with Gasteiger partial charge >= 0.3 is 12.1 Å². The number of amides is 1. The van der Waals surface area contributed by atoms with Crippen molar-refractivity contribution >= 4 is 17.6 Å². The van der Waals surface area contributed by atoms with Crippen LogP contribution in [0.2, 0.25) is 0 Å². The molecule has 0 spiro atoms. The Bertz CT molecular complexity index is 867. The molecule has 0 unspecified atom stereocenters. The minimum absolute atomic E-state index is 0.0664. The Morgan fingerprint density at radius 3 is 2.39 bits per heavy atom. The molecule has 0 saturated heterocycles. The fraction of sp³-hybridized carbons (Fsp3) is 0.263. The van der Waals surface area contributed by atoms with Gasteiger partial charge in [-0.15, -0.1) is 0 Å². The standard InChI is InChI=1S/C19H16F3NO5/c1-11(17(24)23-13-8-6-12(7-9-13)19(20,21)22)27-18(25)16-10-26-14-4-2-3-5-15(14)28-16/h2-9,11,16H,10H2,1H3,(H,23,24)/t11-,16+/m1/s1. The highest BCUT2D eigenvalue weighted by atomic mass is 19.4. The topological polar surface area (TPSA) is 73.9 Å². The van der Waals surface area contributed by atoms with Crippen LogP contribution < -0.4 is 14.8 Å². The van der Waals surface area contributed by atoms with Crippen LogP contribution in [-0.2, 0) is 20.5 Å². The molecular formula is C19H16F3NO5. The van der Waals surface area contributed by atoms with Gasteiger partial charge in [-0.05, 0) is 43.3 Å². The van der Waals surface area contributed by atoms with Gasteiger partial charge in [-0.2, -0.15) is 13.2 Å².